The second-order valence-corrected chi connectivity index (χ2v) is 12.7. The molecule has 9 nitrogen and oxygen atoms in total. The molecule has 0 unspecified atom stereocenters. The molecule has 2 bridgehead atoms. The van der Waals surface area contributed by atoms with Gasteiger partial charge in [-0.25, -0.2) is 17.2 Å². The van der Waals surface area contributed by atoms with Gasteiger partial charge in [-0.1, -0.05) is 17.7 Å². The zero-order valence-corrected chi connectivity index (χ0v) is 22.7. The Hall–Kier alpha value is -2.80. The summed E-state index contributed by atoms with van der Waals surface area (Å²) in [7, 11) is -4.25. The van der Waals surface area contributed by atoms with E-state index in [0.29, 0.717) is 42.4 Å². The summed E-state index contributed by atoms with van der Waals surface area (Å²) in [6.07, 6.45) is 1.27. The van der Waals surface area contributed by atoms with Crippen LogP contribution in [0.1, 0.15) is 32.1 Å². The number of fused-ring (bicyclic) bond motifs is 3. The molecule has 39 heavy (non-hydrogen) atoms. The molecule has 214 valence electrons. The van der Waals surface area contributed by atoms with Gasteiger partial charge in [-0.3, -0.25) is 14.4 Å². The minimum Gasteiger partial charge on any atom is -0.376 e. The monoisotopic (exact) mass is 590 g/mol. The first-order valence-electron chi connectivity index (χ1n) is 12.6. The number of nitrogens with zero attached hydrogens (tertiary/aromatic N) is 1. The first kappa shape index (κ1) is 29.2. The molecule has 1 aromatic carbocycles. The van der Waals surface area contributed by atoms with E-state index in [0.717, 1.165) is 4.90 Å². The lowest BCUT2D eigenvalue weighted by molar-refractivity contribution is -0.193. The summed E-state index contributed by atoms with van der Waals surface area (Å²) in [5, 5.41) is 6.88. The molecule has 1 saturated carbocycles. The van der Waals surface area contributed by atoms with E-state index in [1.165, 1.54) is 0 Å². The molecule has 1 aromatic rings. The van der Waals surface area contributed by atoms with Crippen molar-refractivity contribution in [3.05, 3.63) is 40.5 Å². The quantitative estimate of drug-likeness (QED) is 0.406. The van der Waals surface area contributed by atoms with E-state index in [1.54, 1.807) is 24.3 Å². The fourth-order valence-corrected chi connectivity index (χ4v) is 6.23. The van der Waals surface area contributed by atoms with Gasteiger partial charge in [0.15, 0.2) is 0 Å². The molecule has 5 rings (SSSR count). The normalized spacial score (nSPS) is 27.2. The SMILES string of the molecule is CS(=O)(=O)/C(F)=C\[C@H](C[C@@H]1CCNC1=O)NC(=O)[C@@H]1[C@@H]2CC[C@@H](CC2(F)F)N1C(=O)CNc1cccc(Cl)c1. The highest BCUT2D eigenvalue weighted by Gasteiger charge is 2.60. The van der Waals surface area contributed by atoms with Crippen molar-refractivity contribution < 1.29 is 36.0 Å². The highest BCUT2D eigenvalue weighted by molar-refractivity contribution is 7.94. The Labute approximate surface area is 229 Å². The number of amides is 3. The van der Waals surface area contributed by atoms with Crippen molar-refractivity contribution in [3.8, 4) is 0 Å². The van der Waals surface area contributed by atoms with Crippen LogP contribution < -0.4 is 16.0 Å². The molecule has 3 heterocycles. The summed E-state index contributed by atoms with van der Waals surface area (Å²) in [6.45, 7) is 0.0795. The highest BCUT2D eigenvalue weighted by Crippen LogP contribution is 2.49. The minimum atomic E-state index is -4.25. The van der Waals surface area contributed by atoms with Gasteiger partial charge in [-0.05, 0) is 50.0 Å². The average molecular weight is 591 g/mol. The molecule has 3 N–H and O–H groups in total. The molecule has 1 aliphatic carbocycles. The molecule has 4 fully saturated rings. The van der Waals surface area contributed by atoms with E-state index < -0.39 is 69.1 Å². The molecule has 3 aliphatic heterocycles. The molecule has 0 spiro atoms. The number of anilines is 1. The zero-order chi connectivity index (χ0) is 28.5. The number of carbonyl (C=O) groups excluding carboxylic acids is 3. The first-order chi connectivity index (χ1) is 18.3. The summed E-state index contributed by atoms with van der Waals surface area (Å²) in [5.74, 6) is -7.20. The topological polar surface area (TPSA) is 125 Å². The molecular weight excluding hydrogens is 561 g/mol. The molecular formula is C25H30ClF3N4O5S. The molecule has 0 aromatic heterocycles. The van der Waals surface area contributed by atoms with E-state index in [9.17, 15) is 36.0 Å². The molecule has 14 heteroatoms. The minimum absolute atomic E-state index is 0.00446. The maximum atomic E-state index is 15.0. The van der Waals surface area contributed by atoms with Crippen LogP contribution in [0.15, 0.2) is 35.5 Å². The van der Waals surface area contributed by atoms with Crippen LogP contribution in [0.4, 0.5) is 18.9 Å². The second-order valence-electron chi connectivity index (χ2n) is 10.3. The Bertz CT molecular complexity index is 1280. The van der Waals surface area contributed by atoms with Crippen LogP contribution in [0.2, 0.25) is 5.02 Å². The van der Waals surface area contributed by atoms with E-state index in [-0.39, 0.29) is 25.3 Å². The predicted molar refractivity (Wildman–Crippen MR) is 138 cm³/mol. The smallest absolute Gasteiger partial charge is 0.255 e. The number of nitrogens with one attached hydrogen (secondary N) is 3. The van der Waals surface area contributed by atoms with Crippen molar-refractivity contribution in [2.75, 3.05) is 24.7 Å². The summed E-state index contributed by atoms with van der Waals surface area (Å²) in [6, 6.07) is 2.84. The standard InChI is InChI=1S/C25H30ClF3N4O5S/c1-39(37,38)20(27)11-17(9-14-7-8-30-23(14)35)32-24(36)22-19-6-5-18(12-25(19,28)29)33(22)21(34)13-31-16-4-2-3-15(26)10-16/h2-4,10-11,14,17-19,22,31H,5-9,12-13H2,1H3,(H,30,35)(H,32,36)/b20-11-/t14-,17-,18-,19-,22-/m0/s1. The number of hydrogen-bond acceptors (Lipinski definition) is 6. The fraction of sp³-hybridized carbons (Fsp3) is 0.560. The van der Waals surface area contributed by atoms with E-state index in [2.05, 4.69) is 16.0 Å². The lowest BCUT2D eigenvalue weighted by Crippen LogP contribution is -2.69. The van der Waals surface area contributed by atoms with Crippen LogP contribution >= 0.6 is 11.6 Å². The molecule has 3 saturated heterocycles. The van der Waals surface area contributed by atoms with Gasteiger partial charge in [-0.15, -0.1) is 0 Å². The lowest BCUT2D eigenvalue weighted by atomic mass is 9.71. The Morgan fingerprint density at radius 2 is 2.03 bits per heavy atom. The largest absolute Gasteiger partial charge is 0.376 e. The number of carbonyl (C=O) groups is 3. The Morgan fingerprint density at radius 1 is 1.28 bits per heavy atom. The number of alkyl halides is 2. The van der Waals surface area contributed by atoms with Gasteiger partial charge in [0.1, 0.15) is 6.04 Å². The fourth-order valence-electron chi connectivity index (χ4n) is 5.63. The van der Waals surface area contributed by atoms with Crippen LogP contribution in [-0.2, 0) is 24.2 Å². The molecule has 3 amide bonds. The van der Waals surface area contributed by atoms with Crippen molar-refractivity contribution >= 4 is 44.8 Å². The third-order valence-corrected chi connectivity index (χ3v) is 8.56. The van der Waals surface area contributed by atoms with Gasteiger partial charge in [-0.2, -0.15) is 4.39 Å². The molecule has 4 aliphatic rings. The number of piperidine rings is 2. The van der Waals surface area contributed by atoms with E-state index in [1.807, 2.05) is 0 Å². The van der Waals surface area contributed by atoms with Crippen LogP contribution in [0.3, 0.4) is 0 Å². The number of benzene rings is 1. The highest BCUT2D eigenvalue weighted by atomic mass is 35.5. The van der Waals surface area contributed by atoms with E-state index >= 15 is 0 Å². The maximum Gasteiger partial charge on any atom is 0.255 e. The summed E-state index contributed by atoms with van der Waals surface area (Å²) in [5.41, 5.74) is 0.528. The van der Waals surface area contributed by atoms with Crippen LogP contribution in [-0.4, -0.2) is 74.4 Å². The lowest BCUT2D eigenvalue weighted by Gasteiger charge is -2.53. The third-order valence-electron chi connectivity index (χ3n) is 7.48. The van der Waals surface area contributed by atoms with Gasteiger partial charge in [0.25, 0.3) is 5.92 Å². The van der Waals surface area contributed by atoms with Gasteiger partial charge < -0.3 is 20.9 Å². The summed E-state index contributed by atoms with van der Waals surface area (Å²) >= 11 is 5.97. The average Bonchev–Trinajstić information content (AvgIpc) is 3.25. The first-order valence-corrected chi connectivity index (χ1v) is 14.9. The Kier molecular flexibility index (Phi) is 8.50. The zero-order valence-electron chi connectivity index (χ0n) is 21.1. The van der Waals surface area contributed by atoms with Gasteiger partial charge in [0.05, 0.1) is 18.5 Å². The Balaban J connectivity index is 1.58. The van der Waals surface area contributed by atoms with Crippen LogP contribution in [0, 0.1) is 11.8 Å². The van der Waals surface area contributed by atoms with Gasteiger partial charge in [0.2, 0.25) is 32.7 Å². The molecule has 5 atom stereocenters. The number of hydrogen-bond donors (Lipinski definition) is 3. The Morgan fingerprint density at radius 3 is 2.64 bits per heavy atom. The third kappa shape index (κ3) is 6.68. The van der Waals surface area contributed by atoms with Gasteiger partial charge >= 0.3 is 0 Å². The van der Waals surface area contributed by atoms with Crippen LogP contribution in [0.25, 0.3) is 0 Å². The number of rotatable bonds is 9. The van der Waals surface area contributed by atoms with Crippen molar-refractivity contribution in [2.24, 2.45) is 11.8 Å². The van der Waals surface area contributed by atoms with E-state index in [4.69, 9.17) is 11.6 Å². The predicted octanol–water partition coefficient (Wildman–Crippen LogP) is 2.63. The van der Waals surface area contributed by atoms with Crippen molar-refractivity contribution in [1.29, 1.82) is 0 Å². The maximum absolute atomic E-state index is 15.0. The van der Waals surface area contributed by atoms with Crippen LogP contribution in [0.5, 0.6) is 0 Å². The number of halogens is 4. The van der Waals surface area contributed by atoms with Crippen molar-refractivity contribution in [2.45, 2.75) is 56.2 Å². The molecule has 0 radical (unpaired) electrons. The summed E-state index contributed by atoms with van der Waals surface area (Å²) < 4.78 is 67.7. The number of sulfone groups is 1. The second kappa shape index (κ2) is 11.4. The van der Waals surface area contributed by atoms with Crippen molar-refractivity contribution in [1.82, 2.24) is 15.5 Å². The van der Waals surface area contributed by atoms with Crippen molar-refractivity contribution in [3.63, 3.8) is 0 Å². The van der Waals surface area contributed by atoms with Gasteiger partial charge in [0, 0.05) is 41.9 Å². The summed E-state index contributed by atoms with van der Waals surface area (Å²) in [4.78, 5) is 40.1.